The van der Waals surface area contributed by atoms with Gasteiger partial charge in [0.05, 0.1) is 0 Å². The molecule has 0 N–H and O–H groups in total. The maximum atomic E-state index is 12.8. The summed E-state index contributed by atoms with van der Waals surface area (Å²) in [6.07, 6.45) is 0.0962. The molecule has 8 heteroatoms. The van der Waals surface area contributed by atoms with E-state index in [1.54, 1.807) is 24.4 Å². The Balaban J connectivity index is 1.65. The molecule has 2 aromatic heterocycles. The summed E-state index contributed by atoms with van der Waals surface area (Å²) >= 11 is 0. The van der Waals surface area contributed by atoms with Crippen LogP contribution in [0.3, 0.4) is 0 Å². The van der Waals surface area contributed by atoms with Gasteiger partial charge < -0.3 is 8.98 Å². The standard InChI is InChI=1S/C17H14F3N3O2/c18-13-5-3-11(4-6-13)2-1-8-23-9-7-12(10-14(23)24)16-21-22-17(25-16)15(19)20/h3-7,9-10,15H,1-2,8H2. The van der Waals surface area contributed by atoms with Gasteiger partial charge in [-0.1, -0.05) is 12.1 Å². The fourth-order valence-corrected chi connectivity index (χ4v) is 2.37. The Kier molecular flexibility index (Phi) is 4.97. The van der Waals surface area contributed by atoms with E-state index in [0.717, 1.165) is 5.56 Å². The van der Waals surface area contributed by atoms with Crippen LogP contribution in [0, 0.1) is 5.82 Å². The van der Waals surface area contributed by atoms with Crippen molar-refractivity contribution in [2.24, 2.45) is 0 Å². The minimum Gasteiger partial charge on any atom is -0.415 e. The fraction of sp³-hybridized carbons (Fsp3) is 0.235. The van der Waals surface area contributed by atoms with Crippen LogP contribution in [0.15, 0.2) is 51.8 Å². The lowest BCUT2D eigenvalue weighted by Gasteiger charge is -2.06. The van der Waals surface area contributed by atoms with Crippen LogP contribution in [0.2, 0.25) is 0 Å². The molecule has 130 valence electrons. The number of benzene rings is 1. The second kappa shape index (κ2) is 7.33. The first-order valence-corrected chi connectivity index (χ1v) is 7.60. The molecule has 3 rings (SSSR count). The van der Waals surface area contributed by atoms with Crippen LogP contribution >= 0.6 is 0 Å². The zero-order valence-electron chi connectivity index (χ0n) is 13.0. The predicted molar refractivity (Wildman–Crippen MR) is 83.7 cm³/mol. The van der Waals surface area contributed by atoms with Crippen LogP contribution in [-0.2, 0) is 13.0 Å². The molecule has 0 aliphatic rings. The van der Waals surface area contributed by atoms with Crippen molar-refractivity contribution in [3.63, 3.8) is 0 Å². The van der Waals surface area contributed by atoms with Gasteiger partial charge in [0, 0.05) is 24.4 Å². The maximum absolute atomic E-state index is 12.8. The van der Waals surface area contributed by atoms with Crippen molar-refractivity contribution in [3.8, 4) is 11.5 Å². The fourth-order valence-electron chi connectivity index (χ4n) is 2.37. The Morgan fingerprint density at radius 2 is 1.88 bits per heavy atom. The zero-order valence-corrected chi connectivity index (χ0v) is 13.0. The Morgan fingerprint density at radius 3 is 2.52 bits per heavy atom. The molecule has 1 aromatic carbocycles. The zero-order chi connectivity index (χ0) is 17.8. The van der Waals surface area contributed by atoms with Crippen molar-refractivity contribution >= 4 is 0 Å². The highest BCUT2D eigenvalue weighted by atomic mass is 19.3. The van der Waals surface area contributed by atoms with E-state index in [0.29, 0.717) is 24.9 Å². The molecule has 2 heterocycles. The first-order valence-electron chi connectivity index (χ1n) is 7.60. The number of halogens is 3. The third kappa shape index (κ3) is 4.14. The van der Waals surface area contributed by atoms with Gasteiger partial charge in [-0.25, -0.2) is 4.39 Å². The lowest BCUT2D eigenvalue weighted by Crippen LogP contribution is -2.18. The van der Waals surface area contributed by atoms with Gasteiger partial charge in [0.2, 0.25) is 5.89 Å². The van der Waals surface area contributed by atoms with E-state index in [-0.39, 0.29) is 17.3 Å². The summed E-state index contributed by atoms with van der Waals surface area (Å²) in [6, 6.07) is 9.03. The molecule has 0 amide bonds. The van der Waals surface area contributed by atoms with Crippen LogP contribution in [0.1, 0.15) is 24.3 Å². The molecular weight excluding hydrogens is 335 g/mol. The van der Waals surface area contributed by atoms with Gasteiger partial charge in [-0.3, -0.25) is 4.79 Å². The molecule has 0 saturated carbocycles. The van der Waals surface area contributed by atoms with E-state index in [4.69, 9.17) is 4.42 Å². The minimum atomic E-state index is -2.85. The molecule has 0 bridgehead atoms. The summed E-state index contributed by atoms with van der Waals surface area (Å²) in [6.45, 7) is 0.475. The smallest absolute Gasteiger partial charge is 0.314 e. The van der Waals surface area contributed by atoms with Crippen molar-refractivity contribution in [1.29, 1.82) is 0 Å². The Labute approximate surface area is 140 Å². The molecule has 0 spiro atoms. The monoisotopic (exact) mass is 349 g/mol. The molecular formula is C17H14F3N3O2. The lowest BCUT2D eigenvalue weighted by atomic mass is 10.1. The second-order valence-corrected chi connectivity index (χ2v) is 5.42. The van der Waals surface area contributed by atoms with E-state index in [9.17, 15) is 18.0 Å². The summed E-state index contributed by atoms with van der Waals surface area (Å²) in [5, 5.41) is 6.74. The number of hydrogen-bond acceptors (Lipinski definition) is 4. The number of aromatic nitrogens is 3. The van der Waals surface area contributed by atoms with Crippen LogP contribution < -0.4 is 5.56 Å². The second-order valence-electron chi connectivity index (χ2n) is 5.42. The quantitative estimate of drug-likeness (QED) is 0.682. The molecule has 0 fully saturated rings. The first kappa shape index (κ1) is 16.9. The van der Waals surface area contributed by atoms with E-state index < -0.39 is 12.3 Å². The average Bonchev–Trinajstić information content (AvgIpc) is 3.08. The largest absolute Gasteiger partial charge is 0.415 e. The third-order valence-corrected chi connectivity index (χ3v) is 3.65. The van der Waals surface area contributed by atoms with Crippen LogP contribution in [-0.4, -0.2) is 14.8 Å². The molecule has 3 aromatic rings. The maximum Gasteiger partial charge on any atom is 0.314 e. The summed E-state index contributed by atoms with van der Waals surface area (Å²) in [5.41, 5.74) is 0.976. The molecule has 0 saturated heterocycles. The summed E-state index contributed by atoms with van der Waals surface area (Å²) < 4.78 is 44.1. The van der Waals surface area contributed by atoms with Crippen LogP contribution in [0.25, 0.3) is 11.5 Å². The van der Waals surface area contributed by atoms with Crippen molar-refractivity contribution in [1.82, 2.24) is 14.8 Å². The van der Waals surface area contributed by atoms with E-state index >= 15 is 0 Å². The summed E-state index contributed by atoms with van der Waals surface area (Å²) in [7, 11) is 0. The normalized spacial score (nSPS) is 11.2. The highest BCUT2D eigenvalue weighted by Crippen LogP contribution is 2.22. The highest BCUT2D eigenvalue weighted by molar-refractivity contribution is 5.50. The Hall–Kier alpha value is -2.90. The molecule has 5 nitrogen and oxygen atoms in total. The van der Waals surface area contributed by atoms with Gasteiger partial charge in [-0.2, -0.15) is 8.78 Å². The molecule has 0 atom stereocenters. The van der Waals surface area contributed by atoms with Gasteiger partial charge in [0.1, 0.15) is 5.82 Å². The minimum absolute atomic E-state index is 0.120. The Morgan fingerprint density at radius 1 is 1.12 bits per heavy atom. The molecule has 0 radical (unpaired) electrons. The number of hydrogen-bond donors (Lipinski definition) is 0. The van der Waals surface area contributed by atoms with Gasteiger partial charge in [0.25, 0.3) is 11.4 Å². The number of aryl methyl sites for hydroxylation is 2. The lowest BCUT2D eigenvalue weighted by molar-refractivity contribution is 0.116. The van der Waals surface area contributed by atoms with E-state index in [2.05, 4.69) is 10.2 Å². The summed E-state index contributed by atoms with van der Waals surface area (Å²) in [5.74, 6) is -1.18. The van der Waals surface area contributed by atoms with Crippen molar-refractivity contribution in [3.05, 3.63) is 70.2 Å². The van der Waals surface area contributed by atoms with E-state index in [1.165, 1.54) is 22.8 Å². The van der Waals surface area contributed by atoms with Crippen molar-refractivity contribution < 1.29 is 17.6 Å². The van der Waals surface area contributed by atoms with Crippen LogP contribution in [0.5, 0.6) is 0 Å². The molecule has 0 aliphatic carbocycles. The number of pyridine rings is 1. The summed E-state index contributed by atoms with van der Waals surface area (Å²) in [4.78, 5) is 12.1. The SMILES string of the molecule is O=c1cc(-c2nnc(C(F)F)o2)ccn1CCCc1ccc(F)cc1. The molecule has 0 unspecified atom stereocenters. The topological polar surface area (TPSA) is 60.9 Å². The Bertz CT molecular complexity index is 904. The average molecular weight is 349 g/mol. The van der Waals surface area contributed by atoms with Crippen molar-refractivity contribution in [2.75, 3.05) is 0 Å². The number of rotatable bonds is 6. The van der Waals surface area contributed by atoms with Gasteiger partial charge >= 0.3 is 6.43 Å². The number of nitrogens with zero attached hydrogens (tertiary/aromatic N) is 3. The molecule has 25 heavy (non-hydrogen) atoms. The van der Waals surface area contributed by atoms with Gasteiger partial charge in [-0.15, -0.1) is 10.2 Å². The predicted octanol–water partition coefficient (Wildman–Crippen LogP) is 3.61. The first-order chi connectivity index (χ1) is 12.0. The number of alkyl halides is 2. The van der Waals surface area contributed by atoms with E-state index in [1.807, 2.05) is 0 Å². The van der Waals surface area contributed by atoms with Crippen LogP contribution in [0.4, 0.5) is 13.2 Å². The van der Waals surface area contributed by atoms with Gasteiger partial charge in [0.15, 0.2) is 0 Å². The molecule has 0 aliphatic heterocycles. The third-order valence-electron chi connectivity index (χ3n) is 3.65. The van der Waals surface area contributed by atoms with Crippen molar-refractivity contribution in [2.45, 2.75) is 25.8 Å². The van der Waals surface area contributed by atoms with Gasteiger partial charge in [-0.05, 0) is 36.6 Å². The highest BCUT2D eigenvalue weighted by Gasteiger charge is 2.17.